The van der Waals surface area contributed by atoms with E-state index in [4.69, 9.17) is 9.15 Å². The lowest BCUT2D eigenvalue weighted by atomic mass is 9.87. The second-order valence-electron chi connectivity index (χ2n) is 7.40. The van der Waals surface area contributed by atoms with Crippen LogP contribution in [-0.4, -0.2) is 11.2 Å². The van der Waals surface area contributed by atoms with Gasteiger partial charge in [-0.1, -0.05) is 45.0 Å². The second kappa shape index (κ2) is 6.83. The van der Waals surface area contributed by atoms with Gasteiger partial charge in [-0.3, -0.25) is 4.57 Å². The van der Waals surface area contributed by atoms with Crippen LogP contribution < -0.4 is 16.1 Å². The molecule has 0 aliphatic heterocycles. The van der Waals surface area contributed by atoms with Crippen LogP contribution in [0.3, 0.4) is 0 Å². The first-order chi connectivity index (χ1) is 12.3. The maximum atomic E-state index is 12.1. The Balaban J connectivity index is 1.81. The zero-order valence-electron chi connectivity index (χ0n) is 15.5. The van der Waals surface area contributed by atoms with Crippen LogP contribution in [0.15, 0.2) is 56.5 Å². The average molecular weight is 353 g/mol. The smallest absolute Gasteiger partial charge is 0.422 e. The Morgan fingerprint density at radius 2 is 1.73 bits per heavy atom. The molecule has 136 valence electrons. The normalized spacial score (nSPS) is 11.7. The van der Waals surface area contributed by atoms with Crippen molar-refractivity contribution >= 4 is 10.9 Å². The first-order valence-corrected chi connectivity index (χ1v) is 8.64. The third kappa shape index (κ3) is 3.57. The summed E-state index contributed by atoms with van der Waals surface area (Å²) in [4.78, 5) is 24.0. The highest BCUT2D eigenvalue weighted by Gasteiger charge is 2.14. The minimum atomic E-state index is -0.663. The van der Waals surface area contributed by atoms with Crippen molar-refractivity contribution < 1.29 is 9.15 Å². The molecule has 0 bridgehead atoms. The summed E-state index contributed by atoms with van der Waals surface area (Å²) in [6, 6.07) is 13.2. The van der Waals surface area contributed by atoms with E-state index in [9.17, 15) is 9.59 Å². The number of para-hydroxylation sites is 1. The van der Waals surface area contributed by atoms with Gasteiger partial charge in [0.15, 0.2) is 0 Å². The van der Waals surface area contributed by atoms with E-state index in [2.05, 4.69) is 20.8 Å². The first-order valence-electron chi connectivity index (χ1n) is 8.64. The van der Waals surface area contributed by atoms with Crippen LogP contribution in [0.25, 0.3) is 10.9 Å². The molecule has 5 heteroatoms. The predicted molar refractivity (Wildman–Crippen MR) is 102 cm³/mol. The van der Waals surface area contributed by atoms with E-state index in [-0.39, 0.29) is 5.41 Å². The first kappa shape index (κ1) is 18.0. The summed E-state index contributed by atoms with van der Waals surface area (Å²) >= 11 is 0. The molecule has 3 rings (SSSR count). The van der Waals surface area contributed by atoms with Gasteiger partial charge in [0.2, 0.25) is 0 Å². The monoisotopic (exact) mass is 353 g/mol. The molecule has 0 saturated carbocycles. The van der Waals surface area contributed by atoms with Crippen molar-refractivity contribution in [2.45, 2.75) is 39.7 Å². The molecule has 1 heterocycles. The van der Waals surface area contributed by atoms with Crippen LogP contribution >= 0.6 is 0 Å². The molecule has 0 aliphatic rings. The number of hydrogen-bond acceptors (Lipinski definition) is 4. The SMILES string of the molecule is Cc1cccc2c(=O)oc(=O)n(CCOc3ccc(C(C)(C)C)cc3)c12. The Labute approximate surface area is 151 Å². The number of benzene rings is 2. The number of hydrogen-bond donors (Lipinski definition) is 0. The van der Waals surface area contributed by atoms with Crippen molar-refractivity contribution in [1.82, 2.24) is 4.57 Å². The fourth-order valence-electron chi connectivity index (χ4n) is 2.97. The lowest BCUT2D eigenvalue weighted by Gasteiger charge is -2.19. The molecule has 0 atom stereocenters. The number of fused-ring (bicyclic) bond motifs is 1. The molecule has 0 radical (unpaired) electrons. The van der Waals surface area contributed by atoms with Gasteiger partial charge >= 0.3 is 11.4 Å². The number of ether oxygens (including phenoxy) is 1. The molecule has 0 spiro atoms. The van der Waals surface area contributed by atoms with Crippen LogP contribution in [0.5, 0.6) is 5.75 Å². The van der Waals surface area contributed by atoms with Gasteiger partial charge < -0.3 is 9.15 Å². The minimum Gasteiger partial charge on any atom is -0.492 e. The molecule has 0 aliphatic carbocycles. The highest BCUT2D eigenvalue weighted by atomic mass is 16.5. The molecule has 0 unspecified atom stereocenters. The van der Waals surface area contributed by atoms with Crippen LogP contribution in [-0.2, 0) is 12.0 Å². The summed E-state index contributed by atoms with van der Waals surface area (Å²) in [6.07, 6.45) is 0. The summed E-state index contributed by atoms with van der Waals surface area (Å²) in [5.41, 5.74) is 2.16. The van der Waals surface area contributed by atoms with E-state index in [0.717, 1.165) is 11.3 Å². The Hall–Kier alpha value is -2.82. The zero-order valence-corrected chi connectivity index (χ0v) is 15.5. The molecule has 3 aromatic rings. The molecule has 2 aromatic carbocycles. The summed E-state index contributed by atoms with van der Waals surface area (Å²) < 4.78 is 12.1. The Morgan fingerprint density at radius 1 is 1.04 bits per heavy atom. The molecule has 0 fully saturated rings. The van der Waals surface area contributed by atoms with Gasteiger partial charge in [-0.2, -0.15) is 0 Å². The van der Waals surface area contributed by atoms with E-state index in [1.807, 2.05) is 37.3 Å². The second-order valence-corrected chi connectivity index (χ2v) is 7.40. The zero-order chi connectivity index (χ0) is 18.9. The standard InChI is InChI=1S/C21H23NO4/c1-14-6-5-7-17-18(14)22(20(24)26-19(17)23)12-13-25-16-10-8-15(9-11-16)21(2,3)4/h5-11H,12-13H2,1-4H3. The fraction of sp³-hybridized carbons (Fsp3) is 0.333. The van der Waals surface area contributed by atoms with Gasteiger partial charge in [0, 0.05) is 0 Å². The maximum Gasteiger partial charge on any atom is 0.422 e. The maximum absolute atomic E-state index is 12.1. The molecule has 5 nitrogen and oxygen atoms in total. The van der Waals surface area contributed by atoms with E-state index >= 15 is 0 Å². The van der Waals surface area contributed by atoms with E-state index in [1.165, 1.54) is 10.1 Å². The molecule has 1 aromatic heterocycles. The van der Waals surface area contributed by atoms with Crippen LogP contribution in [0, 0.1) is 6.92 Å². The van der Waals surface area contributed by atoms with E-state index in [0.29, 0.717) is 24.1 Å². The average Bonchev–Trinajstić information content (AvgIpc) is 2.58. The van der Waals surface area contributed by atoms with Gasteiger partial charge in [-0.15, -0.1) is 0 Å². The third-order valence-electron chi connectivity index (χ3n) is 4.43. The lowest BCUT2D eigenvalue weighted by molar-refractivity contribution is 0.287. The summed E-state index contributed by atoms with van der Waals surface area (Å²) in [5.74, 6) is 0.0768. The van der Waals surface area contributed by atoms with Crippen LogP contribution in [0.4, 0.5) is 0 Å². The summed E-state index contributed by atoms with van der Waals surface area (Å²) in [5, 5.41) is 0.402. The Morgan fingerprint density at radius 3 is 2.38 bits per heavy atom. The Kier molecular flexibility index (Phi) is 4.72. The lowest BCUT2D eigenvalue weighted by Crippen LogP contribution is -2.27. The quantitative estimate of drug-likeness (QED) is 0.718. The number of aromatic nitrogens is 1. The molecule has 26 heavy (non-hydrogen) atoms. The molecule has 0 saturated heterocycles. The van der Waals surface area contributed by atoms with E-state index < -0.39 is 11.4 Å². The van der Waals surface area contributed by atoms with Crippen LogP contribution in [0.1, 0.15) is 31.9 Å². The summed E-state index contributed by atoms with van der Waals surface area (Å²) in [6.45, 7) is 8.93. The third-order valence-corrected chi connectivity index (χ3v) is 4.43. The van der Waals surface area contributed by atoms with Crippen molar-refractivity contribution in [2.75, 3.05) is 6.61 Å². The molecular formula is C21H23NO4. The van der Waals surface area contributed by atoms with E-state index in [1.54, 1.807) is 12.1 Å². The van der Waals surface area contributed by atoms with Crippen molar-refractivity contribution in [2.24, 2.45) is 0 Å². The van der Waals surface area contributed by atoms with Gasteiger partial charge in [0.25, 0.3) is 0 Å². The van der Waals surface area contributed by atoms with Gasteiger partial charge in [-0.25, -0.2) is 9.59 Å². The van der Waals surface area contributed by atoms with Crippen LogP contribution in [0.2, 0.25) is 0 Å². The largest absolute Gasteiger partial charge is 0.492 e. The molecule has 0 N–H and O–H groups in total. The van der Waals surface area contributed by atoms with Gasteiger partial charge in [0.1, 0.15) is 12.4 Å². The van der Waals surface area contributed by atoms with Crippen molar-refractivity contribution in [1.29, 1.82) is 0 Å². The highest BCUT2D eigenvalue weighted by molar-refractivity contribution is 5.80. The number of rotatable bonds is 4. The fourth-order valence-corrected chi connectivity index (χ4v) is 2.97. The number of aryl methyl sites for hydroxylation is 1. The van der Waals surface area contributed by atoms with Crippen molar-refractivity contribution in [3.05, 3.63) is 74.6 Å². The highest BCUT2D eigenvalue weighted by Crippen LogP contribution is 2.24. The molecular weight excluding hydrogens is 330 g/mol. The van der Waals surface area contributed by atoms with Crippen molar-refractivity contribution in [3.8, 4) is 5.75 Å². The summed E-state index contributed by atoms with van der Waals surface area (Å²) in [7, 11) is 0. The van der Waals surface area contributed by atoms with Gasteiger partial charge in [0.05, 0.1) is 17.4 Å². The Bertz CT molecular complexity index is 1040. The van der Waals surface area contributed by atoms with Crippen molar-refractivity contribution in [3.63, 3.8) is 0 Å². The predicted octanol–water partition coefficient (Wildman–Crippen LogP) is 3.64. The number of nitrogens with zero attached hydrogens (tertiary/aromatic N) is 1. The topological polar surface area (TPSA) is 61.4 Å². The van der Waals surface area contributed by atoms with Gasteiger partial charge in [-0.05, 0) is 41.7 Å². The molecule has 0 amide bonds. The minimum absolute atomic E-state index is 0.0872.